The smallest absolute Gasteiger partial charge is 0.273 e. The standard InChI is InChI=1S/C22H21F2N5O3.C15H15FN2O.C9H13N3O2.C2H6/c23-22(24)10-18(20(31)27-15(11-25)9-14-7-8-26-19(14)30)29(12-22)21(32)17-6-5-13-3-1-2-4-16(13)28-17;1-10-8-12(16)9-18(10)15(19)14-7-6-11-4-2-3-5-13(11)17-14;1-6(13)12-8(5-10)4-7-2-3-11-9(7)14;1-2/h1-6,14-15,18H,7-10,12H2,(H,26,30)(H,27,31);2-7,10,12H,8-9H2,1H3;7-8H,2-4H2,1H3,(H,11,14)(H,12,13);1-2H3/t14-,15-,18-;10-,12+;7-,8-;/m010./s1. The van der Waals surface area contributed by atoms with Crippen LogP contribution in [-0.4, -0.2) is 118 Å². The Bertz CT molecular complexity index is 2530. The predicted octanol–water partition coefficient (Wildman–Crippen LogP) is 4.99. The van der Waals surface area contributed by atoms with Crippen LogP contribution in [0.1, 0.15) is 87.2 Å². The maximum Gasteiger partial charge on any atom is 0.273 e. The molecule has 0 spiro atoms. The number of carbonyl (C=O) groups excluding carboxylic acids is 6. The number of likely N-dealkylation sites (tertiary alicyclic amines) is 2. The number of amides is 6. The molecule has 4 fully saturated rings. The van der Waals surface area contributed by atoms with Crippen molar-refractivity contribution in [3.05, 3.63) is 84.2 Å². The average molecular weight is 925 g/mol. The number of nitrogens with zero attached hydrogens (tertiary/aromatic N) is 6. The van der Waals surface area contributed by atoms with Crippen LogP contribution in [0.3, 0.4) is 0 Å². The lowest BCUT2D eigenvalue weighted by molar-refractivity contribution is -0.126. The van der Waals surface area contributed by atoms with Crippen LogP contribution in [0, 0.1) is 34.5 Å². The van der Waals surface area contributed by atoms with E-state index >= 15 is 0 Å². The molecular weight excluding hydrogens is 870 g/mol. The zero-order valence-corrected chi connectivity index (χ0v) is 37.8. The molecule has 8 rings (SSSR count). The number of alkyl halides is 3. The summed E-state index contributed by atoms with van der Waals surface area (Å²) in [6, 6.07) is 22.2. The van der Waals surface area contributed by atoms with E-state index in [1.54, 1.807) is 29.2 Å². The topological polar surface area (TPSA) is 230 Å². The number of para-hydroxylation sites is 2. The first-order valence-electron chi connectivity index (χ1n) is 22.3. The van der Waals surface area contributed by atoms with Gasteiger partial charge in [0.1, 0.15) is 35.7 Å². The molecule has 4 aliphatic heterocycles. The van der Waals surface area contributed by atoms with Gasteiger partial charge in [-0.3, -0.25) is 28.8 Å². The number of aromatic nitrogens is 2. The van der Waals surface area contributed by atoms with Gasteiger partial charge in [0, 0.05) is 61.5 Å². The Hall–Kier alpha value is -7.15. The minimum Gasteiger partial charge on any atom is -0.356 e. The van der Waals surface area contributed by atoms with Gasteiger partial charge in [-0.2, -0.15) is 10.5 Å². The predicted molar refractivity (Wildman–Crippen MR) is 241 cm³/mol. The summed E-state index contributed by atoms with van der Waals surface area (Å²) in [6.07, 6.45) is 0.418. The minimum absolute atomic E-state index is 0.0180. The van der Waals surface area contributed by atoms with Crippen molar-refractivity contribution in [1.82, 2.24) is 41.0 Å². The van der Waals surface area contributed by atoms with E-state index < -0.39 is 60.9 Å². The Balaban J connectivity index is 0.000000203. The fourth-order valence-corrected chi connectivity index (χ4v) is 8.29. The Morgan fingerprint density at radius 2 is 1.25 bits per heavy atom. The van der Waals surface area contributed by atoms with Gasteiger partial charge < -0.3 is 31.1 Å². The lowest BCUT2D eigenvalue weighted by Crippen LogP contribution is -2.49. The van der Waals surface area contributed by atoms with E-state index in [2.05, 4.69) is 31.2 Å². The number of halogens is 3. The van der Waals surface area contributed by atoms with Crippen molar-refractivity contribution >= 4 is 57.2 Å². The van der Waals surface area contributed by atoms with E-state index in [0.717, 1.165) is 27.6 Å². The quantitative estimate of drug-likeness (QED) is 0.176. The number of carbonyl (C=O) groups is 6. The Morgan fingerprint density at radius 1 is 0.776 bits per heavy atom. The van der Waals surface area contributed by atoms with Crippen molar-refractivity contribution in [3.63, 3.8) is 0 Å². The second-order valence-electron chi connectivity index (χ2n) is 16.5. The van der Waals surface area contributed by atoms with Crippen molar-refractivity contribution in [1.29, 1.82) is 10.5 Å². The number of rotatable bonds is 9. The van der Waals surface area contributed by atoms with Gasteiger partial charge >= 0.3 is 0 Å². The summed E-state index contributed by atoms with van der Waals surface area (Å²) in [4.78, 5) is 82.8. The minimum atomic E-state index is -3.25. The highest BCUT2D eigenvalue weighted by Crippen LogP contribution is 2.34. The first-order valence-corrected chi connectivity index (χ1v) is 22.3. The van der Waals surface area contributed by atoms with Crippen LogP contribution in [0.2, 0.25) is 0 Å². The molecule has 354 valence electrons. The second kappa shape index (κ2) is 23.3. The molecule has 0 radical (unpaired) electrons. The third-order valence-corrected chi connectivity index (χ3v) is 11.6. The summed E-state index contributed by atoms with van der Waals surface area (Å²) in [5.74, 6) is -6.08. The molecule has 0 aliphatic carbocycles. The molecule has 4 N–H and O–H groups in total. The second-order valence-corrected chi connectivity index (χ2v) is 16.5. The molecule has 2 aromatic carbocycles. The lowest BCUT2D eigenvalue weighted by atomic mass is 9.98. The number of benzene rings is 2. The zero-order valence-electron chi connectivity index (χ0n) is 37.8. The molecule has 67 heavy (non-hydrogen) atoms. The Kier molecular flexibility index (Phi) is 17.7. The van der Waals surface area contributed by atoms with Crippen molar-refractivity contribution in [2.45, 2.75) is 102 Å². The SMILES string of the molecule is CC.CC(=O)N[C@H](C#N)C[C@@H]1CCNC1=O.C[C@@H]1C[C@H](F)CN1C(=O)c1ccc2ccccc2n1.N#C[C@H](C[C@@H]1CCNC1=O)NC(=O)[C@@H]1CC(F)(F)CN1C(=O)c1ccc2ccccc2n1. The van der Waals surface area contributed by atoms with Crippen LogP contribution in [0.4, 0.5) is 13.2 Å². The van der Waals surface area contributed by atoms with Gasteiger partial charge in [-0.25, -0.2) is 23.1 Å². The lowest BCUT2D eigenvalue weighted by Gasteiger charge is -2.24. The van der Waals surface area contributed by atoms with Crippen LogP contribution in [0.15, 0.2) is 72.8 Å². The molecule has 0 unspecified atom stereocenters. The summed E-state index contributed by atoms with van der Waals surface area (Å²) in [5, 5.41) is 30.2. The molecule has 2 aromatic heterocycles. The fourth-order valence-electron chi connectivity index (χ4n) is 8.29. The van der Waals surface area contributed by atoms with E-state index in [0.29, 0.717) is 43.6 Å². The Labute approximate surface area is 386 Å². The van der Waals surface area contributed by atoms with E-state index in [1.807, 2.05) is 75.4 Å². The summed E-state index contributed by atoms with van der Waals surface area (Å²) < 4.78 is 41.8. The van der Waals surface area contributed by atoms with Gasteiger partial charge in [-0.1, -0.05) is 62.4 Å². The summed E-state index contributed by atoms with van der Waals surface area (Å²) in [6.45, 7) is 7.65. The summed E-state index contributed by atoms with van der Waals surface area (Å²) in [5.41, 5.74) is 1.67. The molecule has 19 heteroatoms. The molecule has 4 saturated heterocycles. The molecule has 0 saturated carbocycles. The van der Waals surface area contributed by atoms with E-state index in [4.69, 9.17) is 5.26 Å². The number of hydrogen-bond donors (Lipinski definition) is 4. The maximum atomic E-state index is 14.2. The van der Waals surface area contributed by atoms with Gasteiger partial charge in [0.15, 0.2) is 0 Å². The number of pyridine rings is 2. The van der Waals surface area contributed by atoms with Crippen LogP contribution >= 0.6 is 0 Å². The van der Waals surface area contributed by atoms with Crippen molar-refractivity contribution in [3.8, 4) is 12.1 Å². The number of hydrogen-bond acceptors (Lipinski definition) is 10. The molecule has 6 amide bonds. The highest BCUT2D eigenvalue weighted by molar-refractivity contribution is 5.99. The Morgan fingerprint density at radius 3 is 1.69 bits per heavy atom. The number of fused-ring (bicyclic) bond motifs is 2. The van der Waals surface area contributed by atoms with Gasteiger partial charge in [0.05, 0.1) is 36.3 Å². The van der Waals surface area contributed by atoms with Crippen molar-refractivity contribution < 1.29 is 41.9 Å². The van der Waals surface area contributed by atoms with Crippen molar-refractivity contribution in [2.75, 3.05) is 26.2 Å². The molecule has 4 aromatic rings. The van der Waals surface area contributed by atoms with Crippen LogP contribution < -0.4 is 21.3 Å². The van der Waals surface area contributed by atoms with Crippen LogP contribution in [0.25, 0.3) is 21.8 Å². The van der Waals surface area contributed by atoms with Crippen LogP contribution in [0.5, 0.6) is 0 Å². The van der Waals surface area contributed by atoms with Gasteiger partial charge in [-0.15, -0.1) is 0 Å². The molecule has 7 atom stereocenters. The molecule has 6 heterocycles. The van der Waals surface area contributed by atoms with Gasteiger partial charge in [0.2, 0.25) is 23.6 Å². The number of nitriles is 2. The van der Waals surface area contributed by atoms with E-state index in [-0.39, 0.29) is 54.2 Å². The summed E-state index contributed by atoms with van der Waals surface area (Å²) in [7, 11) is 0. The first kappa shape index (κ1) is 50.8. The molecule has 4 aliphatic rings. The van der Waals surface area contributed by atoms with Gasteiger partial charge in [-0.05, 0) is 56.9 Å². The van der Waals surface area contributed by atoms with Gasteiger partial charge in [0.25, 0.3) is 17.7 Å². The summed E-state index contributed by atoms with van der Waals surface area (Å²) >= 11 is 0. The zero-order chi connectivity index (χ0) is 48.8. The molecular formula is C48H55F3N10O6. The molecule has 16 nitrogen and oxygen atoms in total. The third kappa shape index (κ3) is 13.5. The monoisotopic (exact) mass is 924 g/mol. The number of nitrogens with one attached hydrogen (secondary N) is 4. The normalized spacial score (nSPS) is 22.2. The first-order chi connectivity index (χ1) is 32.0. The highest BCUT2D eigenvalue weighted by Gasteiger charge is 2.50. The highest BCUT2D eigenvalue weighted by atomic mass is 19.3. The third-order valence-electron chi connectivity index (χ3n) is 11.6. The van der Waals surface area contributed by atoms with E-state index in [1.165, 1.54) is 13.0 Å². The fraction of sp³-hybridized carbons (Fsp3) is 0.458. The molecule has 0 bridgehead atoms. The largest absolute Gasteiger partial charge is 0.356 e. The van der Waals surface area contributed by atoms with Crippen molar-refractivity contribution in [2.24, 2.45) is 11.8 Å². The average Bonchev–Trinajstić information content (AvgIpc) is 4.11. The maximum absolute atomic E-state index is 14.2. The van der Waals surface area contributed by atoms with E-state index in [9.17, 15) is 47.2 Å². The van der Waals surface area contributed by atoms with Crippen LogP contribution in [-0.2, 0) is 19.2 Å².